The van der Waals surface area contributed by atoms with E-state index >= 15 is 0 Å². The zero-order chi connectivity index (χ0) is 16.8. The molecule has 3 rings (SSSR count). The summed E-state index contributed by atoms with van der Waals surface area (Å²) in [5, 5.41) is 11.3. The van der Waals surface area contributed by atoms with E-state index in [0.29, 0.717) is 17.8 Å². The number of benzene rings is 1. The van der Waals surface area contributed by atoms with Crippen molar-refractivity contribution in [3.8, 4) is 0 Å². The van der Waals surface area contributed by atoms with Gasteiger partial charge in [0, 0.05) is 18.5 Å². The average Bonchev–Trinajstić information content (AvgIpc) is 2.70. The number of nitrogens with zero attached hydrogens (tertiary/aromatic N) is 1. The van der Waals surface area contributed by atoms with Gasteiger partial charge >= 0.3 is 0 Å². The van der Waals surface area contributed by atoms with E-state index in [4.69, 9.17) is 4.74 Å². The number of anilines is 1. The largest absolute Gasteiger partial charge is 0.375 e. The minimum atomic E-state index is -1.82. The highest BCUT2D eigenvalue weighted by atomic mass is 16.5. The predicted molar refractivity (Wildman–Crippen MR) is 86.1 cm³/mol. The number of Topliss-reactive ketones (excluding diaryl/α,β-unsaturated/α-hetero) is 1. The molecule has 0 radical (unpaired) electrons. The fraction of sp³-hybridized carbons (Fsp3) is 0.556. The first kappa shape index (κ1) is 16.1. The monoisotopic (exact) mass is 317 g/mol. The van der Waals surface area contributed by atoms with Crippen LogP contribution in [0.2, 0.25) is 0 Å². The molecule has 1 aromatic carbocycles. The first-order valence-electron chi connectivity index (χ1n) is 8.12. The zero-order valence-corrected chi connectivity index (χ0v) is 13.8. The van der Waals surface area contributed by atoms with Crippen molar-refractivity contribution >= 4 is 17.4 Å². The van der Waals surface area contributed by atoms with Gasteiger partial charge in [-0.1, -0.05) is 25.1 Å². The molecule has 124 valence electrons. The van der Waals surface area contributed by atoms with Gasteiger partial charge in [0.05, 0.1) is 23.8 Å². The van der Waals surface area contributed by atoms with Crippen LogP contribution in [0.3, 0.4) is 0 Å². The third-order valence-corrected chi connectivity index (χ3v) is 4.76. The van der Waals surface area contributed by atoms with Crippen LogP contribution in [0.25, 0.3) is 0 Å². The number of carbonyl (C=O) groups is 2. The smallest absolute Gasteiger partial charge is 0.264 e. The van der Waals surface area contributed by atoms with Crippen LogP contribution in [-0.4, -0.2) is 35.5 Å². The van der Waals surface area contributed by atoms with Crippen LogP contribution in [0.4, 0.5) is 5.69 Å². The molecule has 1 amide bonds. The number of rotatable bonds is 3. The summed E-state index contributed by atoms with van der Waals surface area (Å²) < 4.78 is 5.73. The van der Waals surface area contributed by atoms with Crippen molar-refractivity contribution < 1.29 is 19.4 Å². The lowest BCUT2D eigenvalue weighted by Crippen LogP contribution is -2.54. The van der Waals surface area contributed by atoms with Crippen LogP contribution < -0.4 is 4.90 Å². The number of hydrogen-bond acceptors (Lipinski definition) is 4. The number of amides is 1. The number of fused-ring (bicyclic) bond motifs is 1. The van der Waals surface area contributed by atoms with Gasteiger partial charge in [0.1, 0.15) is 5.78 Å². The van der Waals surface area contributed by atoms with Gasteiger partial charge in [-0.2, -0.15) is 0 Å². The van der Waals surface area contributed by atoms with Crippen molar-refractivity contribution in [3.63, 3.8) is 0 Å². The van der Waals surface area contributed by atoms with Crippen LogP contribution in [-0.2, 0) is 19.9 Å². The minimum Gasteiger partial charge on any atom is -0.375 e. The third kappa shape index (κ3) is 2.39. The molecule has 0 bridgehead atoms. The zero-order valence-electron chi connectivity index (χ0n) is 13.8. The average molecular weight is 317 g/mol. The molecule has 1 saturated heterocycles. The Labute approximate surface area is 136 Å². The van der Waals surface area contributed by atoms with Gasteiger partial charge in [0.15, 0.2) is 5.60 Å². The second-order valence-corrected chi connectivity index (χ2v) is 7.01. The van der Waals surface area contributed by atoms with Crippen LogP contribution in [0.15, 0.2) is 24.3 Å². The number of para-hydroxylation sites is 1. The second kappa shape index (κ2) is 5.42. The maximum atomic E-state index is 12.9. The highest BCUT2D eigenvalue weighted by Gasteiger charge is 2.58. The number of hydrogen-bond donors (Lipinski definition) is 1. The highest BCUT2D eigenvalue weighted by Crippen LogP contribution is 2.47. The standard InChI is InChI=1S/C18H23NO4/c1-4-9-19-14-8-6-5-7-12(14)18(22,16(19)21)13-11-23-17(2,3)10-15(13)20/h5-8,13,22H,4,9-11H2,1-3H3/t13-,18-/m1/s1. The lowest BCUT2D eigenvalue weighted by molar-refractivity contribution is -0.172. The number of aliphatic hydroxyl groups is 1. The lowest BCUT2D eigenvalue weighted by Gasteiger charge is -2.39. The molecule has 0 aliphatic carbocycles. The van der Waals surface area contributed by atoms with Crippen LogP contribution in [0.5, 0.6) is 0 Å². The number of ether oxygens (including phenoxy) is 1. The Hall–Kier alpha value is -1.72. The van der Waals surface area contributed by atoms with Gasteiger partial charge < -0.3 is 14.7 Å². The van der Waals surface area contributed by atoms with Crippen molar-refractivity contribution in [2.24, 2.45) is 5.92 Å². The molecule has 23 heavy (non-hydrogen) atoms. The number of ketones is 1. The maximum Gasteiger partial charge on any atom is 0.264 e. The molecule has 5 heteroatoms. The molecule has 2 heterocycles. The molecule has 1 aromatic rings. The number of carbonyl (C=O) groups excluding carboxylic acids is 2. The molecule has 0 aromatic heterocycles. The molecule has 2 aliphatic heterocycles. The first-order valence-corrected chi connectivity index (χ1v) is 8.12. The van der Waals surface area contributed by atoms with Crippen molar-refractivity contribution in [3.05, 3.63) is 29.8 Å². The van der Waals surface area contributed by atoms with Gasteiger partial charge in [-0.3, -0.25) is 9.59 Å². The predicted octanol–water partition coefficient (Wildman–Crippen LogP) is 2.01. The van der Waals surface area contributed by atoms with Gasteiger partial charge in [-0.25, -0.2) is 0 Å². The van der Waals surface area contributed by atoms with Crippen molar-refractivity contribution in [1.29, 1.82) is 0 Å². The van der Waals surface area contributed by atoms with Gasteiger partial charge in [0.2, 0.25) is 0 Å². The van der Waals surface area contributed by atoms with E-state index in [1.165, 1.54) is 0 Å². The molecule has 1 N–H and O–H groups in total. The summed E-state index contributed by atoms with van der Waals surface area (Å²) in [5.74, 6) is -1.39. The molecule has 0 saturated carbocycles. The SMILES string of the molecule is CCCN1C(=O)[C@](O)([C@@H]2COC(C)(C)CC2=O)c2ccccc21. The van der Waals surface area contributed by atoms with Crippen LogP contribution in [0.1, 0.15) is 39.2 Å². The molecule has 0 spiro atoms. The summed E-state index contributed by atoms with van der Waals surface area (Å²) in [6.07, 6.45) is 0.974. The summed E-state index contributed by atoms with van der Waals surface area (Å²) in [6.45, 7) is 6.25. The summed E-state index contributed by atoms with van der Waals surface area (Å²) in [4.78, 5) is 27.1. The molecular weight excluding hydrogens is 294 g/mol. The Kier molecular flexibility index (Phi) is 3.81. The first-order chi connectivity index (χ1) is 10.8. The van der Waals surface area contributed by atoms with Crippen LogP contribution in [0, 0.1) is 5.92 Å². The fourth-order valence-corrected chi connectivity index (χ4v) is 3.59. The molecule has 1 fully saturated rings. The van der Waals surface area contributed by atoms with Gasteiger partial charge in [-0.05, 0) is 26.3 Å². The normalized spacial score (nSPS) is 29.7. The Balaban J connectivity index is 2.04. The molecule has 2 aliphatic rings. The quantitative estimate of drug-likeness (QED) is 0.926. The Morgan fingerprint density at radius 1 is 1.30 bits per heavy atom. The fourth-order valence-electron chi connectivity index (χ4n) is 3.59. The topological polar surface area (TPSA) is 66.8 Å². The van der Waals surface area contributed by atoms with E-state index in [1.54, 1.807) is 17.0 Å². The van der Waals surface area contributed by atoms with E-state index in [2.05, 4.69) is 0 Å². The maximum absolute atomic E-state index is 12.9. The van der Waals surface area contributed by atoms with Crippen LogP contribution >= 0.6 is 0 Å². The van der Waals surface area contributed by atoms with E-state index < -0.39 is 23.0 Å². The summed E-state index contributed by atoms with van der Waals surface area (Å²) in [7, 11) is 0. The molecular formula is C18H23NO4. The van der Waals surface area contributed by atoms with E-state index in [-0.39, 0.29) is 18.8 Å². The van der Waals surface area contributed by atoms with Gasteiger partial charge in [-0.15, -0.1) is 0 Å². The highest BCUT2D eigenvalue weighted by molar-refractivity contribution is 6.09. The van der Waals surface area contributed by atoms with E-state index in [9.17, 15) is 14.7 Å². The van der Waals surface area contributed by atoms with Crippen molar-refractivity contribution in [2.45, 2.75) is 44.8 Å². The minimum absolute atomic E-state index is 0.0579. The second-order valence-electron chi connectivity index (χ2n) is 7.01. The molecule has 5 nitrogen and oxygen atoms in total. The Morgan fingerprint density at radius 2 is 2.00 bits per heavy atom. The van der Waals surface area contributed by atoms with Gasteiger partial charge in [0.25, 0.3) is 5.91 Å². The third-order valence-electron chi connectivity index (χ3n) is 4.76. The summed E-state index contributed by atoms with van der Waals surface area (Å²) in [6, 6.07) is 7.17. The van der Waals surface area contributed by atoms with E-state index in [0.717, 1.165) is 6.42 Å². The Bertz CT molecular complexity index is 654. The molecule has 0 unspecified atom stereocenters. The van der Waals surface area contributed by atoms with Crippen molar-refractivity contribution in [1.82, 2.24) is 0 Å². The lowest BCUT2D eigenvalue weighted by atomic mass is 9.76. The summed E-state index contributed by atoms with van der Waals surface area (Å²) >= 11 is 0. The van der Waals surface area contributed by atoms with E-state index in [1.807, 2.05) is 32.9 Å². The Morgan fingerprint density at radius 3 is 2.65 bits per heavy atom. The summed E-state index contributed by atoms with van der Waals surface area (Å²) in [5.41, 5.74) is -1.16. The van der Waals surface area contributed by atoms with Crippen molar-refractivity contribution in [2.75, 3.05) is 18.1 Å². The molecule has 2 atom stereocenters.